The minimum Gasteiger partial charge on any atom is -0.286 e. The average Bonchev–Trinajstić information content (AvgIpc) is 2.74. The number of hydrogen-bond acceptors (Lipinski definition) is 2. The van der Waals surface area contributed by atoms with Gasteiger partial charge in [0.15, 0.2) is 6.21 Å². The fraction of sp³-hybridized carbons (Fsp3) is 0.389. The van der Waals surface area contributed by atoms with E-state index in [9.17, 15) is 8.42 Å². The molecular formula is C18H22NO3S+. The van der Waals surface area contributed by atoms with Gasteiger partial charge in [0, 0.05) is 18.1 Å². The van der Waals surface area contributed by atoms with Crippen molar-refractivity contribution >= 4 is 32.8 Å². The molecule has 4 nitrogen and oxygen atoms in total. The normalized spacial score (nSPS) is 16.4. The Balaban J connectivity index is 1.87. The van der Waals surface area contributed by atoms with Crippen molar-refractivity contribution < 1.29 is 17.5 Å². The fourth-order valence-electron chi connectivity index (χ4n) is 3.45. The first-order valence-corrected chi connectivity index (χ1v) is 9.49. The lowest BCUT2D eigenvalue weighted by molar-refractivity contribution is -0.434. The summed E-state index contributed by atoms with van der Waals surface area (Å²) in [5.41, 5.74) is 2.46. The molecule has 0 saturated carbocycles. The van der Waals surface area contributed by atoms with E-state index < -0.39 is 10.1 Å². The van der Waals surface area contributed by atoms with Crippen molar-refractivity contribution in [2.24, 2.45) is 0 Å². The Hall–Kier alpha value is -1.72. The third-order valence-corrected chi connectivity index (χ3v) is 5.20. The summed E-state index contributed by atoms with van der Waals surface area (Å²) in [6.07, 6.45) is 3.41. The molecule has 1 aliphatic heterocycles. The molecule has 0 fully saturated rings. The molecule has 2 aromatic rings. The number of unbranched alkanes of at least 4 members (excludes halogenated alkanes) is 1. The van der Waals surface area contributed by atoms with Crippen LogP contribution in [0, 0.1) is 0 Å². The summed E-state index contributed by atoms with van der Waals surface area (Å²) in [6.45, 7) is 5.16. The molecule has 0 atom stereocenters. The lowest BCUT2D eigenvalue weighted by Gasteiger charge is -2.14. The molecule has 1 heterocycles. The van der Waals surface area contributed by atoms with Crippen LogP contribution in [-0.2, 0) is 15.5 Å². The second-order valence-electron chi connectivity index (χ2n) is 6.72. The van der Waals surface area contributed by atoms with E-state index in [1.54, 1.807) is 0 Å². The topological polar surface area (TPSA) is 57.4 Å². The van der Waals surface area contributed by atoms with Crippen molar-refractivity contribution in [3.05, 3.63) is 42.0 Å². The van der Waals surface area contributed by atoms with Gasteiger partial charge in [-0.3, -0.25) is 4.55 Å². The van der Waals surface area contributed by atoms with Crippen molar-refractivity contribution in [3.8, 4) is 0 Å². The molecule has 0 spiro atoms. The summed E-state index contributed by atoms with van der Waals surface area (Å²) < 4.78 is 32.7. The van der Waals surface area contributed by atoms with Crippen molar-refractivity contribution in [2.75, 3.05) is 12.3 Å². The van der Waals surface area contributed by atoms with Crippen molar-refractivity contribution in [3.63, 3.8) is 0 Å². The fourth-order valence-corrected chi connectivity index (χ4v) is 4.02. The van der Waals surface area contributed by atoms with Crippen LogP contribution in [0.15, 0.2) is 36.4 Å². The minimum atomic E-state index is -3.86. The van der Waals surface area contributed by atoms with Gasteiger partial charge in [-0.2, -0.15) is 8.42 Å². The van der Waals surface area contributed by atoms with E-state index in [2.05, 4.69) is 55.0 Å². The zero-order valence-electron chi connectivity index (χ0n) is 13.5. The molecule has 0 radical (unpaired) electrons. The van der Waals surface area contributed by atoms with Crippen molar-refractivity contribution in [2.45, 2.75) is 32.1 Å². The highest BCUT2D eigenvalue weighted by molar-refractivity contribution is 7.85. The van der Waals surface area contributed by atoms with Crippen LogP contribution in [0.1, 0.15) is 32.3 Å². The zero-order valence-corrected chi connectivity index (χ0v) is 14.3. The Morgan fingerprint density at radius 3 is 2.57 bits per heavy atom. The highest BCUT2D eigenvalue weighted by atomic mass is 32.2. The Labute approximate surface area is 137 Å². The lowest BCUT2D eigenvalue weighted by Crippen LogP contribution is -2.17. The highest BCUT2D eigenvalue weighted by Gasteiger charge is 2.38. The Kier molecular flexibility index (Phi) is 4.02. The van der Waals surface area contributed by atoms with Crippen LogP contribution in [0.25, 0.3) is 10.8 Å². The quantitative estimate of drug-likeness (QED) is 0.518. The molecule has 0 saturated heterocycles. The van der Waals surface area contributed by atoms with Gasteiger partial charge in [-0.1, -0.05) is 24.3 Å². The summed E-state index contributed by atoms with van der Waals surface area (Å²) in [5.74, 6) is -0.172. The van der Waals surface area contributed by atoms with Gasteiger partial charge in [0.05, 0.1) is 11.2 Å². The molecule has 0 aliphatic carbocycles. The molecule has 2 aromatic carbocycles. The second kappa shape index (κ2) is 5.73. The number of fused-ring (bicyclic) bond motifs is 3. The molecular weight excluding hydrogens is 310 g/mol. The summed E-state index contributed by atoms with van der Waals surface area (Å²) in [6, 6.07) is 12.7. The standard InChI is InChI=1S/C18H21NO3S/c1-18(2)13-19(11-5-6-12-23(20,21)22)16-10-9-14-7-3-4-8-15(14)17(16)18/h3-4,7-10,13H,5-6,11-12H2,1-2H3/p+1. The van der Waals surface area contributed by atoms with E-state index in [4.69, 9.17) is 4.55 Å². The van der Waals surface area contributed by atoms with Crippen LogP contribution in [-0.4, -0.2) is 36.1 Å². The first kappa shape index (κ1) is 16.1. The number of nitrogens with zero attached hydrogens (tertiary/aromatic N) is 1. The first-order chi connectivity index (χ1) is 10.8. The lowest BCUT2D eigenvalue weighted by atomic mass is 9.84. The van der Waals surface area contributed by atoms with E-state index in [1.807, 2.05) is 6.07 Å². The molecule has 0 unspecified atom stereocenters. The predicted molar refractivity (Wildman–Crippen MR) is 93.5 cm³/mol. The van der Waals surface area contributed by atoms with Gasteiger partial charge in [-0.15, -0.1) is 0 Å². The molecule has 1 N–H and O–H groups in total. The average molecular weight is 332 g/mol. The molecule has 0 bridgehead atoms. The van der Waals surface area contributed by atoms with Gasteiger partial charge in [0.2, 0.25) is 5.69 Å². The monoisotopic (exact) mass is 332 g/mol. The van der Waals surface area contributed by atoms with Crippen LogP contribution < -0.4 is 0 Å². The Morgan fingerprint density at radius 2 is 1.83 bits per heavy atom. The number of rotatable bonds is 5. The maximum atomic E-state index is 10.8. The van der Waals surface area contributed by atoms with E-state index >= 15 is 0 Å². The van der Waals surface area contributed by atoms with E-state index in [0.29, 0.717) is 6.42 Å². The maximum absolute atomic E-state index is 10.8. The smallest absolute Gasteiger partial charge is 0.264 e. The number of benzene rings is 2. The van der Waals surface area contributed by atoms with Crippen LogP contribution in [0.2, 0.25) is 0 Å². The first-order valence-electron chi connectivity index (χ1n) is 7.88. The maximum Gasteiger partial charge on any atom is 0.264 e. The summed E-state index contributed by atoms with van der Waals surface area (Å²) >= 11 is 0. The van der Waals surface area contributed by atoms with Gasteiger partial charge in [0.1, 0.15) is 6.54 Å². The largest absolute Gasteiger partial charge is 0.286 e. The van der Waals surface area contributed by atoms with Crippen LogP contribution in [0.5, 0.6) is 0 Å². The van der Waals surface area contributed by atoms with Gasteiger partial charge in [-0.05, 0) is 37.1 Å². The summed E-state index contributed by atoms with van der Waals surface area (Å²) in [5, 5.41) is 2.51. The highest BCUT2D eigenvalue weighted by Crippen LogP contribution is 2.41. The van der Waals surface area contributed by atoms with Crippen molar-refractivity contribution in [1.29, 1.82) is 0 Å². The third kappa shape index (κ3) is 3.31. The van der Waals surface area contributed by atoms with Gasteiger partial charge in [0.25, 0.3) is 10.1 Å². The molecule has 0 aromatic heterocycles. The molecule has 3 rings (SSSR count). The summed E-state index contributed by atoms with van der Waals surface area (Å²) in [7, 11) is -3.86. The van der Waals surface area contributed by atoms with Crippen LogP contribution >= 0.6 is 0 Å². The number of hydrogen-bond donors (Lipinski definition) is 1. The van der Waals surface area contributed by atoms with E-state index in [1.165, 1.54) is 22.0 Å². The van der Waals surface area contributed by atoms with Gasteiger partial charge < -0.3 is 0 Å². The molecule has 1 aliphatic rings. The second-order valence-corrected chi connectivity index (χ2v) is 8.29. The van der Waals surface area contributed by atoms with Gasteiger partial charge >= 0.3 is 0 Å². The van der Waals surface area contributed by atoms with E-state index in [-0.39, 0.29) is 11.2 Å². The minimum absolute atomic E-state index is 0.0563. The van der Waals surface area contributed by atoms with Gasteiger partial charge in [-0.25, -0.2) is 4.58 Å². The predicted octanol–water partition coefficient (Wildman–Crippen LogP) is 3.51. The van der Waals surface area contributed by atoms with E-state index in [0.717, 1.165) is 13.0 Å². The SMILES string of the molecule is CC1(C)C=[N+](CCCCS(=O)(=O)O)c2ccc3ccccc3c21. The van der Waals surface area contributed by atoms with Crippen LogP contribution in [0.4, 0.5) is 5.69 Å². The molecule has 5 heteroatoms. The van der Waals surface area contributed by atoms with Crippen LogP contribution in [0.3, 0.4) is 0 Å². The molecule has 0 amide bonds. The molecule has 122 valence electrons. The van der Waals surface area contributed by atoms with Crippen molar-refractivity contribution in [1.82, 2.24) is 0 Å². The molecule has 23 heavy (non-hydrogen) atoms. The summed E-state index contributed by atoms with van der Waals surface area (Å²) in [4.78, 5) is 0. The Morgan fingerprint density at radius 1 is 1.09 bits per heavy atom. The Bertz CT molecular complexity index is 882. The zero-order chi connectivity index (χ0) is 16.7. The third-order valence-electron chi connectivity index (χ3n) is 4.39.